The first-order valence-electron chi connectivity index (χ1n) is 18.9. The highest BCUT2D eigenvalue weighted by Crippen LogP contribution is 2.42. The molecule has 0 N–H and O–H groups in total. The number of halogens is 2. The normalized spacial score (nSPS) is 11.1. The summed E-state index contributed by atoms with van der Waals surface area (Å²) in [6.07, 6.45) is 3.78. The molecule has 9 rings (SSSR count). The van der Waals surface area contributed by atoms with Crippen LogP contribution in [0.1, 0.15) is 5.56 Å². The van der Waals surface area contributed by atoms with Gasteiger partial charge in [0.25, 0.3) is 0 Å². The van der Waals surface area contributed by atoms with E-state index < -0.39 is 0 Å². The van der Waals surface area contributed by atoms with Gasteiger partial charge in [-0.15, -0.1) is 0 Å². The van der Waals surface area contributed by atoms with Crippen LogP contribution in [0.2, 0.25) is 0 Å². The van der Waals surface area contributed by atoms with Gasteiger partial charge in [0.1, 0.15) is 11.6 Å². The minimum atomic E-state index is -0.319. The fraction of sp³-hybridized carbons (Fsp3) is 0.0189. The molecule has 0 aliphatic carbocycles. The quantitative estimate of drug-likeness (QED) is 0.155. The van der Waals surface area contributed by atoms with Crippen molar-refractivity contribution in [3.63, 3.8) is 0 Å². The van der Waals surface area contributed by atoms with Gasteiger partial charge in [-0.1, -0.05) is 133 Å². The van der Waals surface area contributed by atoms with E-state index in [9.17, 15) is 4.39 Å². The Morgan fingerprint density at radius 1 is 0.298 bits per heavy atom. The summed E-state index contributed by atoms with van der Waals surface area (Å²) < 4.78 is 28.7. The molecule has 57 heavy (non-hydrogen) atoms. The Hall–Kier alpha value is -7.30. The molecule has 0 saturated heterocycles. The number of pyridine rings is 2. The number of aryl methyl sites for hydroxylation is 1. The standard InChI is InChI=1S/C53H36F2N2/c1-35-28-42(30-43(29-35)49-31-45(55)25-26-47(49)41-22-27-52(56-33-41)40-20-23-44(54)24-21-40)46-14-8-9-15-48(46)51-34-57-53(39-12-6-3-7-13-39)32-50(51)38-18-16-37(17-19-38)36-10-4-2-5-11-36/h2-34H,1H3. The van der Waals surface area contributed by atoms with E-state index in [0.29, 0.717) is 0 Å². The lowest BCUT2D eigenvalue weighted by Crippen LogP contribution is -1.94. The molecule has 0 aliphatic rings. The molecule has 2 aromatic heterocycles. The Bertz CT molecular complexity index is 2830. The molecule has 2 nitrogen and oxygen atoms in total. The third-order valence-corrected chi connectivity index (χ3v) is 10.4. The topological polar surface area (TPSA) is 25.8 Å². The number of hydrogen-bond acceptors (Lipinski definition) is 2. The van der Waals surface area contributed by atoms with Crippen LogP contribution < -0.4 is 0 Å². The van der Waals surface area contributed by atoms with Crippen LogP contribution in [0.4, 0.5) is 8.78 Å². The molecule has 0 amide bonds. The van der Waals surface area contributed by atoms with Crippen molar-refractivity contribution in [3.8, 4) is 89.3 Å². The lowest BCUT2D eigenvalue weighted by Gasteiger charge is -2.18. The second-order valence-corrected chi connectivity index (χ2v) is 14.2. The summed E-state index contributed by atoms with van der Waals surface area (Å²) in [7, 11) is 0. The lowest BCUT2D eigenvalue weighted by molar-refractivity contribution is 0.628. The van der Waals surface area contributed by atoms with Gasteiger partial charge < -0.3 is 0 Å². The van der Waals surface area contributed by atoms with Crippen molar-refractivity contribution < 1.29 is 8.78 Å². The number of aromatic nitrogens is 2. The van der Waals surface area contributed by atoms with E-state index in [1.807, 2.05) is 48.7 Å². The average Bonchev–Trinajstić information content (AvgIpc) is 3.27. The van der Waals surface area contributed by atoms with Crippen LogP contribution >= 0.6 is 0 Å². The molecule has 4 heteroatoms. The van der Waals surface area contributed by atoms with Gasteiger partial charge in [-0.2, -0.15) is 0 Å². The summed E-state index contributed by atoms with van der Waals surface area (Å²) in [5.41, 5.74) is 16.5. The van der Waals surface area contributed by atoms with E-state index >= 15 is 4.39 Å². The van der Waals surface area contributed by atoms with E-state index in [1.165, 1.54) is 23.8 Å². The van der Waals surface area contributed by atoms with Gasteiger partial charge in [0.15, 0.2) is 0 Å². The van der Waals surface area contributed by atoms with Gasteiger partial charge in [0, 0.05) is 34.6 Å². The van der Waals surface area contributed by atoms with Crippen LogP contribution in [0, 0.1) is 18.6 Å². The summed E-state index contributed by atoms with van der Waals surface area (Å²) in [6.45, 7) is 2.07. The van der Waals surface area contributed by atoms with Gasteiger partial charge in [-0.3, -0.25) is 9.97 Å². The van der Waals surface area contributed by atoms with Crippen molar-refractivity contribution in [1.82, 2.24) is 9.97 Å². The molecule has 0 radical (unpaired) electrons. The zero-order valence-corrected chi connectivity index (χ0v) is 31.2. The van der Waals surface area contributed by atoms with Crippen molar-refractivity contribution in [2.24, 2.45) is 0 Å². The molecule has 9 aromatic rings. The highest BCUT2D eigenvalue weighted by molar-refractivity contribution is 5.94. The predicted molar refractivity (Wildman–Crippen MR) is 230 cm³/mol. The van der Waals surface area contributed by atoms with Crippen molar-refractivity contribution >= 4 is 0 Å². The summed E-state index contributed by atoms with van der Waals surface area (Å²) in [5, 5.41) is 0. The number of hydrogen-bond donors (Lipinski definition) is 0. The Labute approximate surface area is 331 Å². The molecular weight excluding hydrogens is 703 g/mol. The van der Waals surface area contributed by atoms with Crippen LogP contribution in [0.3, 0.4) is 0 Å². The summed E-state index contributed by atoms with van der Waals surface area (Å²) in [5.74, 6) is -0.612. The van der Waals surface area contributed by atoms with E-state index in [1.54, 1.807) is 24.4 Å². The molecule has 0 aliphatic heterocycles. The first-order valence-corrected chi connectivity index (χ1v) is 18.9. The molecule has 0 atom stereocenters. The SMILES string of the molecule is Cc1cc(-c2cc(F)ccc2-c2ccc(-c3ccc(F)cc3)nc2)cc(-c2ccccc2-c2cnc(-c3ccccc3)cc2-c2ccc(-c3ccccc3)cc2)c1. The minimum Gasteiger partial charge on any atom is -0.256 e. The van der Waals surface area contributed by atoms with Gasteiger partial charge in [-0.05, 0) is 123 Å². The molecule has 2 heterocycles. The molecular formula is C53H36F2N2. The van der Waals surface area contributed by atoms with E-state index in [0.717, 1.165) is 89.3 Å². The maximum atomic E-state index is 15.1. The first kappa shape index (κ1) is 35.4. The molecule has 0 fully saturated rings. The third-order valence-electron chi connectivity index (χ3n) is 10.4. The Morgan fingerprint density at radius 2 is 0.807 bits per heavy atom. The second kappa shape index (κ2) is 15.4. The van der Waals surface area contributed by atoms with Crippen LogP contribution in [-0.4, -0.2) is 9.97 Å². The minimum absolute atomic E-state index is 0.293. The van der Waals surface area contributed by atoms with Gasteiger partial charge in [-0.25, -0.2) is 8.78 Å². The van der Waals surface area contributed by atoms with Crippen LogP contribution in [0.5, 0.6) is 0 Å². The molecule has 0 saturated carbocycles. The maximum Gasteiger partial charge on any atom is 0.123 e. The van der Waals surface area contributed by atoms with Gasteiger partial charge >= 0.3 is 0 Å². The highest BCUT2D eigenvalue weighted by Gasteiger charge is 2.18. The van der Waals surface area contributed by atoms with Crippen molar-refractivity contribution in [2.45, 2.75) is 6.92 Å². The Morgan fingerprint density at radius 3 is 1.51 bits per heavy atom. The highest BCUT2D eigenvalue weighted by atomic mass is 19.1. The molecule has 272 valence electrons. The van der Waals surface area contributed by atoms with Gasteiger partial charge in [0.2, 0.25) is 0 Å². The smallest absolute Gasteiger partial charge is 0.123 e. The van der Waals surface area contributed by atoms with Crippen molar-refractivity contribution in [2.75, 3.05) is 0 Å². The van der Waals surface area contributed by atoms with Crippen molar-refractivity contribution in [3.05, 3.63) is 218 Å². The Kier molecular flexibility index (Phi) is 9.59. The second-order valence-electron chi connectivity index (χ2n) is 14.2. The third kappa shape index (κ3) is 7.41. The fourth-order valence-corrected chi connectivity index (χ4v) is 7.56. The lowest BCUT2D eigenvalue weighted by atomic mass is 9.87. The van der Waals surface area contributed by atoms with E-state index in [4.69, 9.17) is 9.97 Å². The average molecular weight is 739 g/mol. The van der Waals surface area contributed by atoms with E-state index in [2.05, 4.69) is 116 Å². The number of benzene rings is 7. The van der Waals surface area contributed by atoms with Crippen LogP contribution in [-0.2, 0) is 0 Å². The largest absolute Gasteiger partial charge is 0.256 e. The maximum absolute atomic E-state index is 15.1. The fourth-order valence-electron chi connectivity index (χ4n) is 7.56. The zero-order chi connectivity index (χ0) is 38.7. The molecule has 0 bridgehead atoms. The van der Waals surface area contributed by atoms with Gasteiger partial charge in [0.05, 0.1) is 11.4 Å². The van der Waals surface area contributed by atoms with E-state index in [-0.39, 0.29) is 11.6 Å². The number of nitrogens with zero attached hydrogens (tertiary/aromatic N) is 2. The predicted octanol–water partition coefficient (Wildman–Crippen LogP) is 14.4. The summed E-state index contributed by atoms with van der Waals surface area (Å²) in [6, 6.07) is 61.5. The monoisotopic (exact) mass is 738 g/mol. The summed E-state index contributed by atoms with van der Waals surface area (Å²) in [4.78, 5) is 9.71. The molecule has 0 unspecified atom stereocenters. The molecule has 0 spiro atoms. The zero-order valence-electron chi connectivity index (χ0n) is 31.2. The van der Waals surface area contributed by atoms with Crippen molar-refractivity contribution in [1.29, 1.82) is 0 Å². The first-order chi connectivity index (χ1) is 28.0. The van der Waals surface area contributed by atoms with Crippen LogP contribution in [0.25, 0.3) is 89.3 Å². The Balaban J connectivity index is 1.14. The molecule has 7 aromatic carbocycles. The summed E-state index contributed by atoms with van der Waals surface area (Å²) >= 11 is 0. The van der Waals surface area contributed by atoms with Crippen LogP contribution in [0.15, 0.2) is 200 Å². The number of rotatable bonds is 8.